The number of hydrogen-bond acceptors (Lipinski definition) is 8. The summed E-state index contributed by atoms with van der Waals surface area (Å²) in [6, 6.07) is 8.42. The van der Waals surface area contributed by atoms with Crippen LogP contribution in [0, 0.1) is 0 Å². The summed E-state index contributed by atoms with van der Waals surface area (Å²) in [6.45, 7) is -0.770. The molecule has 0 atom stereocenters. The van der Waals surface area contributed by atoms with E-state index < -0.39 is 34.4 Å². The highest BCUT2D eigenvalue weighted by atomic mass is 32.2. The maximum Gasteiger partial charge on any atom is 0.321 e. The number of carbonyl (C=O) groups is 3. The SMILES string of the molecule is COC(=O)CN(Cc1cc(OC)cc(OC)c1)S(=O)(=O)c1ccc2c(c1)C(=O)NC2=O. The highest BCUT2D eigenvalue weighted by Crippen LogP contribution is 2.27. The van der Waals surface area contributed by atoms with E-state index in [2.05, 4.69) is 10.1 Å². The molecule has 0 fully saturated rings. The van der Waals surface area contributed by atoms with Crippen molar-refractivity contribution in [3.05, 3.63) is 53.1 Å². The Hall–Kier alpha value is -3.44. The Balaban J connectivity index is 2.02. The number of nitrogens with zero attached hydrogens (tertiary/aromatic N) is 1. The normalized spacial score (nSPS) is 13.0. The first-order valence-corrected chi connectivity index (χ1v) is 10.4. The van der Waals surface area contributed by atoms with E-state index in [4.69, 9.17) is 9.47 Å². The summed E-state index contributed by atoms with van der Waals surface area (Å²) in [7, 11) is -0.187. The first-order valence-electron chi connectivity index (χ1n) is 8.98. The van der Waals surface area contributed by atoms with Crippen molar-refractivity contribution in [2.45, 2.75) is 11.4 Å². The number of sulfonamides is 1. The number of amides is 2. The van der Waals surface area contributed by atoms with Crippen molar-refractivity contribution in [1.82, 2.24) is 9.62 Å². The van der Waals surface area contributed by atoms with Gasteiger partial charge in [-0.25, -0.2) is 8.42 Å². The van der Waals surface area contributed by atoms with E-state index in [0.29, 0.717) is 17.1 Å². The zero-order valence-electron chi connectivity index (χ0n) is 17.0. The van der Waals surface area contributed by atoms with Crippen LogP contribution in [0.3, 0.4) is 0 Å². The molecule has 1 N–H and O–H groups in total. The van der Waals surface area contributed by atoms with Crippen molar-refractivity contribution in [3.63, 3.8) is 0 Å². The fourth-order valence-electron chi connectivity index (χ4n) is 3.05. The van der Waals surface area contributed by atoms with Crippen molar-refractivity contribution >= 4 is 27.8 Å². The molecule has 3 rings (SSSR count). The molecule has 1 aliphatic rings. The van der Waals surface area contributed by atoms with E-state index >= 15 is 0 Å². The van der Waals surface area contributed by atoms with Gasteiger partial charge in [0.25, 0.3) is 11.8 Å². The monoisotopic (exact) mass is 448 g/mol. The molecule has 0 radical (unpaired) electrons. The van der Waals surface area contributed by atoms with Crippen LogP contribution in [0.2, 0.25) is 0 Å². The van der Waals surface area contributed by atoms with Crippen molar-refractivity contribution in [3.8, 4) is 11.5 Å². The van der Waals surface area contributed by atoms with Crippen LogP contribution >= 0.6 is 0 Å². The van der Waals surface area contributed by atoms with Gasteiger partial charge in [-0.1, -0.05) is 0 Å². The van der Waals surface area contributed by atoms with Crippen LogP contribution in [0.5, 0.6) is 11.5 Å². The summed E-state index contributed by atoms with van der Waals surface area (Å²) in [4.78, 5) is 35.4. The molecule has 2 amide bonds. The Labute approximate surface area is 178 Å². The summed E-state index contributed by atoms with van der Waals surface area (Å²) in [5.41, 5.74) is 0.533. The summed E-state index contributed by atoms with van der Waals surface area (Å²) in [5, 5.41) is 2.11. The minimum absolute atomic E-state index is 0.0489. The number of ether oxygens (including phenoxy) is 3. The average Bonchev–Trinajstić information content (AvgIpc) is 3.05. The smallest absolute Gasteiger partial charge is 0.321 e. The molecule has 2 aromatic carbocycles. The van der Waals surface area contributed by atoms with Gasteiger partial charge >= 0.3 is 5.97 Å². The van der Waals surface area contributed by atoms with E-state index in [9.17, 15) is 22.8 Å². The van der Waals surface area contributed by atoms with Crippen LogP contribution in [0.4, 0.5) is 0 Å². The van der Waals surface area contributed by atoms with E-state index in [-0.39, 0.29) is 22.6 Å². The number of imide groups is 1. The number of rotatable bonds is 8. The van der Waals surface area contributed by atoms with Gasteiger partial charge in [0.2, 0.25) is 10.0 Å². The second-order valence-electron chi connectivity index (χ2n) is 6.56. The third-order valence-electron chi connectivity index (χ3n) is 4.65. The second kappa shape index (κ2) is 8.74. The highest BCUT2D eigenvalue weighted by Gasteiger charge is 2.32. The Morgan fingerprint density at radius 1 is 0.935 bits per heavy atom. The topological polar surface area (TPSA) is 128 Å². The van der Waals surface area contributed by atoms with Gasteiger partial charge in [0.15, 0.2) is 0 Å². The number of fused-ring (bicyclic) bond motifs is 1. The van der Waals surface area contributed by atoms with Crippen LogP contribution in [-0.2, 0) is 26.1 Å². The molecular formula is C20H20N2O8S. The molecule has 11 heteroatoms. The van der Waals surface area contributed by atoms with Crippen LogP contribution < -0.4 is 14.8 Å². The molecule has 0 unspecified atom stereocenters. The maximum atomic E-state index is 13.3. The van der Waals surface area contributed by atoms with Gasteiger partial charge in [-0.15, -0.1) is 0 Å². The Kier molecular flexibility index (Phi) is 6.27. The molecular weight excluding hydrogens is 428 g/mol. The fraction of sp³-hybridized carbons (Fsp3) is 0.250. The van der Waals surface area contributed by atoms with Gasteiger partial charge in [0.05, 0.1) is 37.4 Å². The number of hydrogen-bond donors (Lipinski definition) is 1. The molecule has 10 nitrogen and oxygen atoms in total. The molecule has 0 aliphatic carbocycles. The summed E-state index contributed by atoms with van der Waals surface area (Å²) in [5.74, 6) is -1.17. The van der Waals surface area contributed by atoms with Crippen molar-refractivity contribution < 1.29 is 37.0 Å². The number of esters is 1. The molecule has 0 spiro atoms. The Morgan fingerprint density at radius 2 is 1.55 bits per heavy atom. The van der Waals surface area contributed by atoms with Gasteiger partial charge in [-0.3, -0.25) is 19.7 Å². The molecule has 1 aliphatic heterocycles. The lowest BCUT2D eigenvalue weighted by Crippen LogP contribution is -2.36. The Morgan fingerprint density at radius 3 is 2.13 bits per heavy atom. The van der Waals surface area contributed by atoms with Crippen molar-refractivity contribution in [2.75, 3.05) is 27.9 Å². The predicted octanol–water partition coefficient (Wildman–Crippen LogP) is 0.951. The minimum atomic E-state index is -4.25. The largest absolute Gasteiger partial charge is 0.497 e. The van der Waals surface area contributed by atoms with E-state index in [1.165, 1.54) is 26.4 Å². The number of benzene rings is 2. The Bertz CT molecular complexity index is 1140. The van der Waals surface area contributed by atoms with Crippen LogP contribution in [0.25, 0.3) is 0 Å². The minimum Gasteiger partial charge on any atom is -0.497 e. The van der Waals surface area contributed by atoms with E-state index in [0.717, 1.165) is 17.5 Å². The third kappa shape index (κ3) is 4.52. The number of nitrogens with one attached hydrogen (secondary N) is 1. The quantitative estimate of drug-likeness (QED) is 0.467. The van der Waals surface area contributed by atoms with Crippen LogP contribution in [-0.4, -0.2) is 58.4 Å². The molecule has 2 aromatic rings. The van der Waals surface area contributed by atoms with Gasteiger partial charge in [0, 0.05) is 12.6 Å². The molecule has 0 bridgehead atoms. The second-order valence-corrected chi connectivity index (χ2v) is 8.50. The summed E-state index contributed by atoms with van der Waals surface area (Å²) < 4.78 is 42.6. The zero-order valence-corrected chi connectivity index (χ0v) is 17.8. The first kappa shape index (κ1) is 22.2. The average molecular weight is 448 g/mol. The molecule has 0 saturated carbocycles. The van der Waals surface area contributed by atoms with Crippen molar-refractivity contribution in [1.29, 1.82) is 0 Å². The van der Waals surface area contributed by atoms with Crippen LogP contribution in [0.1, 0.15) is 26.3 Å². The lowest BCUT2D eigenvalue weighted by atomic mass is 10.1. The molecule has 1 heterocycles. The van der Waals surface area contributed by atoms with Gasteiger partial charge in [0.1, 0.15) is 18.0 Å². The summed E-state index contributed by atoms with van der Waals surface area (Å²) >= 11 is 0. The number of methoxy groups -OCH3 is 3. The van der Waals surface area contributed by atoms with Gasteiger partial charge < -0.3 is 14.2 Å². The van der Waals surface area contributed by atoms with Gasteiger partial charge in [-0.05, 0) is 35.9 Å². The predicted molar refractivity (Wildman–Crippen MR) is 107 cm³/mol. The number of carbonyl (C=O) groups excluding carboxylic acids is 3. The van der Waals surface area contributed by atoms with E-state index in [1.54, 1.807) is 18.2 Å². The molecule has 0 saturated heterocycles. The summed E-state index contributed by atoms with van der Waals surface area (Å²) in [6.07, 6.45) is 0. The van der Waals surface area contributed by atoms with Crippen molar-refractivity contribution in [2.24, 2.45) is 0 Å². The molecule has 31 heavy (non-hydrogen) atoms. The first-order chi connectivity index (χ1) is 14.7. The van der Waals surface area contributed by atoms with Crippen LogP contribution in [0.15, 0.2) is 41.3 Å². The fourth-order valence-corrected chi connectivity index (χ4v) is 4.45. The molecule has 164 valence electrons. The third-order valence-corrected chi connectivity index (χ3v) is 6.44. The zero-order chi connectivity index (χ0) is 22.8. The van der Waals surface area contributed by atoms with Gasteiger partial charge in [-0.2, -0.15) is 4.31 Å². The van der Waals surface area contributed by atoms with E-state index in [1.807, 2.05) is 0 Å². The maximum absolute atomic E-state index is 13.3. The molecule has 0 aromatic heterocycles. The highest BCUT2D eigenvalue weighted by molar-refractivity contribution is 7.89. The lowest BCUT2D eigenvalue weighted by Gasteiger charge is -2.22. The lowest BCUT2D eigenvalue weighted by molar-refractivity contribution is -0.140. The standard InChI is InChI=1S/C20H20N2O8S/c1-28-13-6-12(7-14(8-13)29-2)10-22(11-18(23)30-3)31(26,27)15-4-5-16-17(9-15)20(25)21-19(16)24/h4-9H,10-11H2,1-3H3,(H,21,24,25).